The zero-order chi connectivity index (χ0) is 18.2. The van der Waals surface area contributed by atoms with Crippen LogP contribution in [0.1, 0.15) is 37.0 Å². The average Bonchev–Trinajstić information content (AvgIpc) is 2.64. The van der Waals surface area contributed by atoms with Gasteiger partial charge in [0, 0.05) is 24.7 Å². The van der Waals surface area contributed by atoms with E-state index in [2.05, 4.69) is 10.3 Å². The SMILES string of the molecule is CCCN(CCC)C(=O)C(CO)NC(=O)c1cnc2ccccc2c1. The van der Waals surface area contributed by atoms with E-state index in [1.807, 2.05) is 38.1 Å². The van der Waals surface area contributed by atoms with Gasteiger partial charge in [0.15, 0.2) is 0 Å². The molecular formula is C19H25N3O3. The summed E-state index contributed by atoms with van der Waals surface area (Å²) in [6.45, 7) is 4.76. The number of carbonyl (C=O) groups is 2. The fraction of sp³-hybridized carbons (Fsp3) is 0.421. The second-order valence-electron chi connectivity index (χ2n) is 5.95. The first-order valence-corrected chi connectivity index (χ1v) is 8.66. The van der Waals surface area contributed by atoms with Crippen molar-refractivity contribution in [1.29, 1.82) is 0 Å². The normalized spacial score (nSPS) is 12.0. The van der Waals surface area contributed by atoms with Crippen LogP contribution in [-0.2, 0) is 4.79 Å². The Morgan fingerprint density at radius 1 is 1.20 bits per heavy atom. The van der Waals surface area contributed by atoms with Gasteiger partial charge >= 0.3 is 0 Å². The number of aliphatic hydroxyl groups excluding tert-OH is 1. The maximum atomic E-state index is 12.6. The number of amides is 2. The summed E-state index contributed by atoms with van der Waals surface area (Å²) in [6, 6.07) is 8.27. The number of aliphatic hydroxyl groups is 1. The Balaban J connectivity index is 2.13. The summed E-state index contributed by atoms with van der Waals surface area (Å²) >= 11 is 0. The Hall–Kier alpha value is -2.47. The van der Waals surface area contributed by atoms with Gasteiger partial charge in [-0.15, -0.1) is 0 Å². The molecule has 0 saturated heterocycles. The standard InChI is InChI=1S/C19H25N3O3/c1-3-9-22(10-4-2)19(25)17(13-23)21-18(24)15-11-14-7-5-6-8-16(14)20-12-15/h5-8,11-12,17,23H,3-4,9-10,13H2,1-2H3,(H,21,24). The molecule has 2 rings (SSSR count). The smallest absolute Gasteiger partial charge is 0.253 e. The summed E-state index contributed by atoms with van der Waals surface area (Å²) in [5, 5.41) is 13.0. The highest BCUT2D eigenvalue weighted by molar-refractivity contribution is 5.99. The maximum absolute atomic E-state index is 12.6. The van der Waals surface area contributed by atoms with Crippen LogP contribution in [-0.4, -0.2) is 52.5 Å². The van der Waals surface area contributed by atoms with E-state index in [-0.39, 0.29) is 5.91 Å². The van der Waals surface area contributed by atoms with Crippen LogP contribution in [0.5, 0.6) is 0 Å². The molecule has 6 heteroatoms. The number of hydrogen-bond acceptors (Lipinski definition) is 4. The van der Waals surface area contributed by atoms with Crippen LogP contribution in [0.4, 0.5) is 0 Å². The zero-order valence-corrected chi connectivity index (χ0v) is 14.7. The molecule has 6 nitrogen and oxygen atoms in total. The highest BCUT2D eigenvalue weighted by Crippen LogP contribution is 2.13. The van der Waals surface area contributed by atoms with Gasteiger partial charge in [-0.05, 0) is 25.0 Å². The van der Waals surface area contributed by atoms with E-state index in [0.717, 1.165) is 23.7 Å². The van der Waals surface area contributed by atoms with Crippen molar-refractivity contribution in [2.24, 2.45) is 0 Å². The molecule has 0 fully saturated rings. The minimum Gasteiger partial charge on any atom is -0.394 e. The molecule has 0 saturated carbocycles. The summed E-state index contributed by atoms with van der Waals surface area (Å²) < 4.78 is 0. The molecule has 2 aromatic rings. The monoisotopic (exact) mass is 343 g/mol. The summed E-state index contributed by atoms with van der Waals surface area (Å²) in [5.74, 6) is -0.674. The molecule has 1 atom stereocenters. The molecule has 1 heterocycles. The molecule has 0 aliphatic rings. The average molecular weight is 343 g/mol. The molecule has 0 aliphatic heterocycles. The predicted molar refractivity (Wildman–Crippen MR) is 97.2 cm³/mol. The third kappa shape index (κ3) is 4.76. The summed E-state index contributed by atoms with van der Waals surface area (Å²) in [4.78, 5) is 31.0. The first-order chi connectivity index (χ1) is 12.1. The number of nitrogens with one attached hydrogen (secondary N) is 1. The number of carbonyl (C=O) groups excluding carboxylic acids is 2. The fourth-order valence-corrected chi connectivity index (χ4v) is 2.71. The molecule has 0 aliphatic carbocycles. The van der Waals surface area contributed by atoms with Crippen LogP contribution >= 0.6 is 0 Å². The minimum absolute atomic E-state index is 0.256. The van der Waals surface area contributed by atoms with Crippen LogP contribution in [0.15, 0.2) is 36.5 Å². The van der Waals surface area contributed by atoms with Crippen LogP contribution in [0.25, 0.3) is 10.9 Å². The number of pyridine rings is 1. The molecule has 0 spiro atoms. The van der Waals surface area contributed by atoms with E-state index in [9.17, 15) is 14.7 Å². The first kappa shape index (κ1) is 18.9. The number of fused-ring (bicyclic) bond motifs is 1. The summed E-state index contributed by atoms with van der Waals surface area (Å²) in [5.41, 5.74) is 1.16. The Bertz CT molecular complexity index is 727. The summed E-state index contributed by atoms with van der Waals surface area (Å²) in [6.07, 6.45) is 3.13. The first-order valence-electron chi connectivity index (χ1n) is 8.66. The van der Waals surface area contributed by atoms with E-state index in [1.165, 1.54) is 6.20 Å². The lowest BCUT2D eigenvalue weighted by atomic mass is 10.1. The van der Waals surface area contributed by atoms with Crippen molar-refractivity contribution in [3.63, 3.8) is 0 Å². The largest absolute Gasteiger partial charge is 0.394 e. The van der Waals surface area contributed by atoms with Crippen molar-refractivity contribution in [2.45, 2.75) is 32.7 Å². The van der Waals surface area contributed by atoms with Gasteiger partial charge in [-0.2, -0.15) is 0 Å². The van der Waals surface area contributed by atoms with E-state index in [0.29, 0.717) is 18.7 Å². The van der Waals surface area contributed by atoms with Gasteiger partial charge in [0.2, 0.25) is 5.91 Å². The number of para-hydroxylation sites is 1. The van der Waals surface area contributed by atoms with Gasteiger partial charge in [0.1, 0.15) is 6.04 Å². The molecule has 2 N–H and O–H groups in total. The van der Waals surface area contributed by atoms with Crippen LogP contribution in [0.2, 0.25) is 0 Å². The minimum atomic E-state index is -0.947. The molecule has 25 heavy (non-hydrogen) atoms. The van der Waals surface area contributed by atoms with Crippen molar-refractivity contribution >= 4 is 22.7 Å². The van der Waals surface area contributed by atoms with E-state index >= 15 is 0 Å². The molecule has 0 radical (unpaired) electrons. The molecular weight excluding hydrogens is 318 g/mol. The molecule has 1 aromatic carbocycles. The fourth-order valence-electron chi connectivity index (χ4n) is 2.71. The Labute approximate surface area is 147 Å². The number of hydrogen-bond donors (Lipinski definition) is 2. The van der Waals surface area contributed by atoms with Gasteiger partial charge in [-0.3, -0.25) is 14.6 Å². The maximum Gasteiger partial charge on any atom is 0.253 e. The Morgan fingerprint density at radius 2 is 1.88 bits per heavy atom. The van der Waals surface area contributed by atoms with Gasteiger partial charge in [-0.1, -0.05) is 32.0 Å². The lowest BCUT2D eigenvalue weighted by molar-refractivity contribution is -0.134. The quantitative estimate of drug-likeness (QED) is 0.768. The number of rotatable bonds is 8. The van der Waals surface area contributed by atoms with Crippen molar-refractivity contribution in [3.8, 4) is 0 Å². The molecule has 134 valence electrons. The van der Waals surface area contributed by atoms with Crippen molar-refractivity contribution in [1.82, 2.24) is 15.2 Å². The highest BCUT2D eigenvalue weighted by Gasteiger charge is 2.25. The van der Waals surface area contributed by atoms with Crippen molar-refractivity contribution in [3.05, 3.63) is 42.1 Å². The van der Waals surface area contributed by atoms with E-state index in [1.54, 1.807) is 11.0 Å². The third-order valence-electron chi connectivity index (χ3n) is 3.94. The predicted octanol–water partition coefficient (Wildman–Crippen LogP) is 1.97. The van der Waals surface area contributed by atoms with Gasteiger partial charge in [-0.25, -0.2) is 0 Å². The Morgan fingerprint density at radius 3 is 2.52 bits per heavy atom. The van der Waals surface area contributed by atoms with E-state index in [4.69, 9.17) is 0 Å². The molecule has 1 unspecified atom stereocenters. The molecule has 0 bridgehead atoms. The topological polar surface area (TPSA) is 82.5 Å². The second-order valence-corrected chi connectivity index (χ2v) is 5.95. The second kappa shape index (κ2) is 9.13. The lowest BCUT2D eigenvalue weighted by Crippen LogP contribution is -2.51. The number of benzene rings is 1. The number of nitrogens with zero attached hydrogens (tertiary/aromatic N) is 2. The molecule has 1 aromatic heterocycles. The zero-order valence-electron chi connectivity index (χ0n) is 14.7. The van der Waals surface area contributed by atoms with Crippen LogP contribution in [0.3, 0.4) is 0 Å². The Kier molecular flexibility index (Phi) is 6.89. The van der Waals surface area contributed by atoms with Crippen LogP contribution < -0.4 is 5.32 Å². The van der Waals surface area contributed by atoms with Gasteiger partial charge in [0.05, 0.1) is 17.7 Å². The van der Waals surface area contributed by atoms with Gasteiger partial charge < -0.3 is 15.3 Å². The third-order valence-corrected chi connectivity index (χ3v) is 3.94. The van der Waals surface area contributed by atoms with E-state index < -0.39 is 18.6 Å². The van der Waals surface area contributed by atoms with Crippen molar-refractivity contribution in [2.75, 3.05) is 19.7 Å². The highest BCUT2D eigenvalue weighted by atomic mass is 16.3. The van der Waals surface area contributed by atoms with Gasteiger partial charge in [0.25, 0.3) is 5.91 Å². The molecule has 2 amide bonds. The summed E-state index contributed by atoms with van der Waals surface area (Å²) in [7, 11) is 0. The van der Waals surface area contributed by atoms with Crippen LogP contribution in [0, 0.1) is 0 Å². The van der Waals surface area contributed by atoms with Crippen molar-refractivity contribution < 1.29 is 14.7 Å². The lowest BCUT2D eigenvalue weighted by Gasteiger charge is -2.26. The number of aromatic nitrogens is 1.